The number of aromatic nitrogens is 4. The lowest BCUT2D eigenvalue weighted by molar-refractivity contribution is 0.324. The summed E-state index contributed by atoms with van der Waals surface area (Å²) >= 11 is 1.47. The van der Waals surface area contributed by atoms with Gasteiger partial charge in [0, 0.05) is 11.1 Å². The maximum atomic E-state index is 13.5. The van der Waals surface area contributed by atoms with Gasteiger partial charge in [-0.3, -0.25) is 0 Å². The van der Waals surface area contributed by atoms with Crippen LogP contribution in [-0.2, 0) is 0 Å². The van der Waals surface area contributed by atoms with Gasteiger partial charge in [0.15, 0.2) is 11.5 Å². The minimum atomic E-state index is -0.261. The van der Waals surface area contributed by atoms with Crippen LogP contribution in [0.15, 0.2) is 54.7 Å². The number of nitrogens with zero attached hydrogens (tertiary/aromatic N) is 4. The molecule has 5 aromatic rings. The van der Waals surface area contributed by atoms with Crippen LogP contribution in [0.3, 0.4) is 0 Å². The minimum Gasteiger partial charge on any atom is -0.493 e. The number of hydrogen-bond acceptors (Lipinski definition) is 7. The van der Waals surface area contributed by atoms with Gasteiger partial charge in [0.2, 0.25) is 5.75 Å². The molecule has 2 heterocycles. The van der Waals surface area contributed by atoms with E-state index in [1.165, 1.54) is 23.5 Å². The molecule has 2 aromatic heterocycles. The topological polar surface area (TPSA) is 71.3 Å². The Morgan fingerprint density at radius 2 is 1.65 bits per heavy atom. The van der Waals surface area contributed by atoms with Gasteiger partial charge < -0.3 is 14.2 Å². The zero-order valence-electron chi connectivity index (χ0n) is 19.0. The highest BCUT2D eigenvalue weighted by Gasteiger charge is 2.17. The zero-order chi connectivity index (χ0) is 23.8. The summed E-state index contributed by atoms with van der Waals surface area (Å²) in [5.74, 6) is 1.35. The first-order valence-electron chi connectivity index (χ1n) is 10.4. The van der Waals surface area contributed by atoms with Crippen molar-refractivity contribution in [3.05, 3.63) is 66.1 Å². The van der Waals surface area contributed by atoms with Crippen molar-refractivity contribution in [2.24, 2.45) is 0 Å². The molecule has 9 heteroatoms. The second-order valence-electron chi connectivity index (χ2n) is 7.59. The molecule has 0 aliphatic rings. The van der Waals surface area contributed by atoms with Crippen molar-refractivity contribution in [3.8, 4) is 44.8 Å². The van der Waals surface area contributed by atoms with Gasteiger partial charge in [-0.2, -0.15) is 0 Å². The number of benzene rings is 3. The maximum absolute atomic E-state index is 13.5. The quantitative estimate of drug-likeness (QED) is 0.314. The van der Waals surface area contributed by atoms with Gasteiger partial charge >= 0.3 is 0 Å². The highest BCUT2D eigenvalue weighted by molar-refractivity contribution is 7.21. The van der Waals surface area contributed by atoms with Crippen LogP contribution in [0.4, 0.5) is 4.39 Å². The van der Waals surface area contributed by atoms with Crippen LogP contribution in [-0.4, -0.2) is 41.3 Å². The molecule has 172 valence electrons. The maximum Gasteiger partial charge on any atom is 0.203 e. The fourth-order valence-electron chi connectivity index (χ4n) is 3.81. The van der Waals surface area contributed by atoms with Gasteiger partial charge in [-0.25, -0.2) is 14.1 Å². The zero-order valence-corrected chi connectivity index (χ0v) is 19.8. The average molecular weight is 477 g/mol. The van der Waals surface area contributed by atoms with Gasteiger partial charge in [-0.1, -0.05) is 5.21 Å². The third kappa shape index (κ3) is 3.84. The van der Waals surface area contributed by atoms with E-state index in [1.807, 2.05) is 43.5 Å². The fraction of sp³-hybridized carbons (Fsp3) is 0.160. The van der Waals surface area contributed by atoms with Crippen LogP contribution >= 0.6 is 11.3 Å². The molecular weight excluding hydrogens is 455 g/mol. The predicted octanol–water partition coefficient (Wildman–Crippen LogP) is 5.68. The number of ether oxygens (including phenoxy) is 3. The summed E-state index contributed by atoms with van der Waals surface area (Å²) in [5, 5.41) is 9.51. The molecule has 0 spiro atoms. The summed E-state index contributed by atoms with van der Waals surface area (Å²) in [4.78, 5) is 4.64. The second kappa shape index (κ2) is 8.75. The van der Waals surface area contributed by atoms with Gasteiger partial charge in [0.1, 0.15) is 16.5 Å². The summed E-state index contributed by atoms with van der Waals surface area (Å²) in [6, 6.07) is 14.3. The molecule has 0 saturated heterocycles. The van der Waals surface area contributed by atoms with E-state index in [0.717, 1.165) is 37.6 Å². The molecule has 0 bridgehead atoms. The third-order valence-electron chi connectivity index (χ3n) is 5.49. The van der Waals surface area contributed by atoms with Crippen molar-refractivity contribution in [1.82, 2.24) is 20.0 Å². The fourth-order valence-corrected chi connectivity index (χ4v) is 4.80. The molecule has 0 radical (unpaired) electrons. The molecule has 0 saturated carbocycles. The van der Waals surface area contributed by atoms with Crippen molar-refractivity contribution in [1.29, 1.82) is 0 Å². The molecule has 3 aromatic carbocycles. The van der Waals surface area contributed by atoms with Crippen LogP contribution in [0.5, 0.6) is 17.2 Å². The van der Waals surface area contributed by atoms with Gasteiger partial charge in [-0.05, 0) is 61.0 Å². The molecule has 0 amide bonds. The molecule has 0 N–H and O–H groups in total. The SMILES string of the molecule is COc1cc(-c2cn(-c3ccc(-c4nc5ccc(F)cc5s4)cc3C)nn2)cc(OC)c1OC. The number of methoxy groups -OCH3 is 3. The van der Waals surface area contributed by atoms with E-state index in [1.54, 1.807) is 32.1 Å². The Hall–Kier alpha value is -3.98. The van der Waals surface area contributed by atoms with E-state index >= 15 is 0 Å². The van der Waals surface area contributed by atoms with Crippen molar-refractivity contribution in [2.75, 3.05) is 21.3 Å². The highest BCUT2D eigenvalue weighted by Crippen LogP contribution is 2.41. The third-order valence-corrected chi connectivity index (χ3v) is 6.56. The first-order valence-corrected chi connectivity index (χ1v) is 11.2. The lowest BCUT2D eigenvalue weighted by Crippen LogP contribution is -1.98. The predicted molar refractivity (Wildman–Crippen MR) is 130 cm³/mol. The summed E-state index contributed by atoms with van der Waals surface area (Å²) < 4.78 is 32.4. The van der Waals surface area contributed by atoms with Crippen molar-refractivity contribution >= 4 is 21.6 Å². The summed E-state index contributed by atoms with van der Waals surface area (Å²) in [6.45, 7) is 2.01. The van der Waals surface area contributed by atoms with E-state index < -0.39 is 0 Å². The Morgan fingerprint density at radius 1 is 0.882 bits per heavy atom. The van der Waals surface area contributed by atoms with Crippen molar-refractivity contribution in [2.45, 2.75) is 6.92 Å². The molecule has 7 nitrogen and oxygen atoms in total. The number of fused-ring (bicyclic) bond motifs is 1. The summed E-state index contributed by atoms with van der Waals surface area (Å²) in [5.41, 5.74) is 5.10. The van der Waals surface area contributed by atoms with Crippen LogP contribution in [0, 0.1) is 12.7 Å². The first-order chi connectivity index (χ1) is 16.5. The smallest absolute Gasteiger partial charge is 0.203 e. The Balaban J connectivity index is 1.48. The van der Waals surface area contributed by atoms with Crippen LogP contribution in [0.2, 0.25) is 0 Å². The summed E-state index contributed by atoms with van der Waals surface area (Å²) in [6.07, 6.45) is 1.85. The molecule has 0 unspecified atom stereocenters. The van der Waals surface area contributed by atoms with Crippen molar-refractivity contribution < 1.29 is 18.6 Å². The Bertz CT molecular complexity index is 1490. The Morgan fingerprint density at radius 3 is 2.32 bits per heavy atom. The molecule has 5 rings (SSSR count). The summed E-state index contributed by atoms with van der Waals surface area (Å²) in [7, 11) is 4.71. The standard InChI is InChI=1S/C25H21FN4O3S/c1-14-9-15(25-27-18-7-6-17(26)12-23(18)34-25)5-8-20(14)30-13-19(28-29-30)16-10-21(31-2)24(33-4)22(11-16)32-3/h5-13H,1-4H3. The monoisotopic (exact) mass is 476 g/mol. The molecule has 0 aliphatic carbocycles. The Kier molecular flexibility index (Phi) is 5.62. The van der Waals surface area contributed by atoms with Crippen molar-refractivity contribution in [3.63, 3.8) is 0 Å². The molecule has 34 heavy (non-hydrogen) atoms. The average Bonchev–Trinajstić information content (AvgIpc) is 3.50. The molecule has 0 aliphatic heterocycles. The van der Waals surface area contributed by atoms with Crippen LogP contribution < -0.4 is 14.2 Å². The van der Waals surface area contributed by atoms with E-state index in [4.69, 9.17) is 14.2 Å². The number of halogens is 1. The van der Waals surface area contributed by atoms with Gasteiger partial charge in [-0.15, -0.1) is 16.4 Å². The largest absolute Gasteiger partial charge is 0.493 e. The van der Waals surface area contributed by atoms with Crippen LogP contribution in [0.1, 0.15) is 5.56 Å². The number of thiazole rings is 1. The lowest BCUT2D eigenvalue weighted by atomic mass is 10.1. The van der Waals surface area contributed by atoms with Gasteiger partial charge in [0.25, 0.3) is 0 Å². The highest BCUT2D eigenvalue weighted by atomic mass is 32.1. The second-order valence-corrected chi connectivity index (χ2v) is 8.63. The van der Waals surface area contributed by atoms with E-state index in [-0.39, 0.29) is 5.82 Å². The normalized spacial score (nSPS) is 11.1. The van der Waals surface area contributed by atoms with Gasteiger partial charge in [0.05, 0.1) is 43.4 Å². The van der Waals surface area contributed by atoms with E-state index in [2.05, 4.69) is 15.3 Å². The van der Waals surface area contributed by atoms with E-state index in [0.29, 0.717) is 22.9 Å². The number of hydrogen-bond donors (Lipinski definition) is 0. The van der Waals surface area contributed by atoms with Crippen LogP contribution in [0.25, 0.3) is 37.7 Å². The lowest BCUT2D eigenvalue weighted by Gasteiger charge is -2.13. The van der Waals surface area contributed by atoms with E-state index in [9.17, 15) is 4.39 Å². The first kappa shape index (κ1) is 21.8. The molecular formula is C25H21FN4O3S. The Labute approximate surface area is 199 Å². The number of aryl methyl sites for hydroxylation is 1. The minimum absolute atomic E-state index is 0.261. The molecule has 0 fully saturated rings. The number of rotatable bonds is 6. The molecule has 0 atom stereocenters.